The van der Waals surface area contributed by atoms with Gasteiger partial charge in [0, 0.05) is 33.1 Å². The second kappa shape index (κ2) is 5.33. The fourth-order valence-electron chi connectivity index (χ4n) is 1.95. The Bertz CT molecular complexity index is 491. The highest BCUT2D eigenvalue weighted by molar-refractivity contribution is 7.89. The van der Waals surface area contributed by atoms with Gasteiger partial charge in [-0.25, -0.2) is 8.42 Å². The van der Waals surface area contributed by atoms with E-state index in [1.807, 2.05) is 0 Å². The van der Waals surface area contributed by atoms with Crippen molar-refractivity contribution in [2.24, 2.45) is 0 Å². The van der Waals surface area contributed by atoms with Crippen LogP contribution in [0.15, 0.2) is 4.52 Å². The molecule has 1 saturated heterocycles. The van der Waals surface area contributed by atoms with Crippen LogP contribution in [0.3, 0.4) is 0 Å². The first-order valence-electron chi connectivity index (χ1n) is 6.00. The summed E-state index contributed by atoms with van der Waals surface area (Å²) in [6, 6.07) is 0. The van der Waals surface area contributed by atoms with Crippen LogP contribution in [0.5, 0.6) is 0 Å². The van der Waals surface area contributed by atoms with E-state index < -0.39 is 10.0 Å². The normalized spacial score (nSPS) is 19.2. The van der Waals surface area contributed by atoms with E-state index in [4.69, 9.17) is 4.52 Å². The molecule has 0 atom stereocenters. The van der Waals surface area contributed by atoms with Crippen LogP contribution in [0.2, 0.25) is 0 Å². The summed E-state index contributed by atoms with van der Waals surface area (Å²) in [7, 11) is -3.06. The standard InChI is InChI=1S/C10H18N4O3S/c1-3-18(15,16)14-6-4-13(5-7-14)8-10-11-9(2)17-12-10/h3-8H2,1-2H3. The summed E-state index contributed by atoms with van der Waals surface area (Å²) in [5.74, 6) is 1.37. The van der Waals surface area contributed by atoms with Crippen molar-refractivity contribution in [1.82, 2.24) is 19.3 Å². The minimum atomic E-state index is -3.06. The van der Waals surface area contributed by atoms with Crippen LogP contribution in [0.25, 0.3) is 0 Å². The lowest BCUT2D eigenvalue weighted by molar-refractivity contribution is 0.176. The van der Waals surface area contributed by atoms with Crippen molar-refractivity contribution in [3.63, 3.8) is 0 Å². The number of aryl methyl sites for hydroxylation is 1. The van der Waals surface area contributed by atoms with Crippen molar-refractivity contribution in [2.75, 3.05) is 31.9 Å². The topological polar surface area (TPSA) is 79.5 Å². The largest absolute Gasteiger partial charge is 0.340 e. The number of nitrogens with zero attached hydrogens (tertiary/aromatic N) is 4. The van der Waals surface area contributed by atoms with Crippen molar-refractivity contribution < 1.29 is 12.9 Å². The second-order valence-electron chi connectivity index (χ2n) is 4.31. The maximum atomic E-state index is 11.7. The monoisotopic (exact) mass is 274 g/mol. The molecule has 1 aliphatic heterocycles. The van der Waals surface area contributed by atoms with Gasteiger partial charge >= 0.3 is 0 Å². The minimum Gasteiger partial charge on any atom is -0.340 e. The first kappa shape index (κ1) is 13.4. The highest BCUT2D eigenvalue weighted by atomic mass is 32.2. The van der Waals surface area contributed by atoms with Crippen molar-refractivity contribution in [2.45, 2.75) is 20.4 Å². The SMILES string of the molecule is CCS(=O)(=O)N1CCN(Cc2noc(C)n2)CC1. The summed E-state index contributed by atoms with van der Waals surface area (Å²) >= 11 is 0. The molecule has 18 heavy (non-hydrogen) atoms. The predicted octanol–water partition coefficient (Wildman–Crippen LogP) is -0.155. The minimum absolute atomic E-state index is 0.164. The average Bonchev–Trinajstić information content (AvgIpc) is 2.75. The van der Waals surface area contributed by atoms with Crippen LogP contribution in [-0.4, -0.2) is 59.7 Å². The highest BCUT2D eigenvalue weighted by Gasteiger charge is 2.25. The van der Waals surface area contributed by atoms with E-state index in [1.165, 1.54) is 0 Å². The van der Waals surface area contributed by atoms with Crippen LogP contribution >= 0.6 is 0 Å². The lowest BCUT2D eigenvalue weighted by Gasteiger charge is -2.32. The predicted molar refractivity (Wildman–Crippen MR) is 65.3 cm³/mol. The van der Waals surface area contributed by atoms with Gasteiger partial charge in [0.2, 0.25) is 15.9 Å². The van der Waals surface area contributed by atoms with E-state index in [1.54, 1.807) is 18.2 Å². The van der Waals surface area contributed by atoms with Crippen LogP contribution in [0, 0.1) is 6.92 Å². The Morgan fingerprint density at radius 3 is 2.44 bits per heavy atom. The molecule has 0 saturated carbocycles. The first-order valence-corrected chi connectivity index (χ1v) is 7.61. The molecule has 0 radical (unpaired) electrons. The molecule has 0 unspecified atom stereocenters. The molecule has 0 aliphatic carbocycles. The molecule has 0 spiro atoms. The molecular formula is C10H18N4O3S. The molecule has 1 fully saturated rings. The second-order valence-corrected chi connectivity index (χ2v) is 6.56. The summed E-state index contributed by atoms with van der Waals surface area (Å²) in [5, 5.41) is 3.83. The zero-order chi connectivity index (χ0) is 13.2. The van der Waals surface area contributed by atoms with Gasteiger partial charge in [0.25, 0.3) is 0 Å². The third-order valence-corrected chi connectivity index (χ3v) is 4.91. The zero-order valence-electron chi connectivity index (χ0n) is 10.7. The highest BCUT2D eigenvalue weighted by Crippen LogP contribution is 2.10. The number of piperazine rings is 1. The van der Waals surface area contributed by atoms with Crippen LogP contribution in [0.4, 0.5) is 0 Å². The Balaban J connectivity index is 1.87. The van der Waals surface area contributed by atoms with Gasteiger partial charge in [0.05, 0.1) is 12.3 Å². The molecule has 1 aromatic rings. The molecule has 8 heteroatoms. The quantitative estimate of drug-likeness (QED) is 0.759. The molecule has 102 valence electrons. The van der Waals surface area contributed by atoms with Gasteiger partial charge in [-0.1, -0.05) is 5.16 Å². The van der Waals surface area contributed by atoms with Crippen LogP contribution in [0.1, 0.15) is 18.6 Å². The Hall–Kier alpha value is -0.990. The molecule has 7 nitrogen and oxygen atoms in total. The van der Waals surface area contributed by atoms with Crippen molar-refractivity contribution in [3.05, 3.63) is 11.7 Å². The number of rotatable bonds is 4. The molecule has 1 aromatic heterocycles. The zero-order valence-corrected chi connectivity index (χ0v) is 11.5. The number of hydrogen-bond acceptors (Lipinski definition) is 6. The van der Waals surface area contributed by atoms with Crippen molar-refractivity contribution in [3.8, 4) is 0 Å². The molecule has 2 heterocycles. The Morgan fingerprint density at radius 2 is 1.94 bits per heavy atom. The molecule has 0 aromatic carbocycles. The fourth-order valence-corrected chi connectivity index (χ4v) is 3.04. The molecule has 0 amide bonds. The van der Waals surface area contributed by atoms with Gasteiger partial charge in [-0.05, 0) is 6.92 Å². The molecular weight excluding hydrogens is 256 g/mol. The summed E-state index contributed by atoms with van der Waals surface area (Å²) in [4.78, 5) is 6.27. The van der Waals surface area contributed by atoms with Gasteiger partial charge < -0.3 is 4.52 Å². The van der Waals surface area contributed by atoms with Crippen LogP contribution in [-0.2, 0) is 16.6 Å². The van der Waals surface area contributed by atoms with Gasteiger partial charge in [0.15, 0.2) is 5.82 Å². The van der Waals surface area contributed by atoms with E-state index in [0.717, 1.165) is 0 Å². The number of hydrogen-bond donors (Lipinski definition) is 0. The van der Waals surface area contributed by atoms with Gasteiger partial charge in [-0.15, -0.1) is 0 Å². The Morgan fingerprint density at radius 1 is 1.28 bits per heavy atom. The average molecular weight is 274 g/mol. The third-order valence-electron chi connectivity index (χ3n) is 3.02. The van der Waals surface area contributed by atoms with Crippen LogP contribution < -0.4 is 0 Å². The Kier molecular flexibility index (Phi) is 3.98. The number of aromatic nitrogens is 2. The summed E-state index contributed by atoms with van der Waals surface area (Å²) in [6.45, 7) is 6.50. The lowest BCUT2D eigenvalue weighted by atomic mass is 10.3. The summed E-state index contributed by atoms with van der Waals surface area (Å²) in [6.07, 6.45) is 0. The Labute approximate surface area is 107 Å². The molecule has 0 bridgehead atoms. The number of sulfonamides is 1. The van der Waals surface area contributed by atoms with Crippen molar-refractivity contribution in [1.29, 1.82) is 0 Å². The van der Waals surface area contributed by atoms with E-state index in [-0.39, 0.29) is 5.75 Å². The summed E-state index contributed by atoms with van der Waals surface area (Å²) < 4.78 is 29.8. The maximum absolute atomic E-state index is 11.7. The fraction of sp³-hybridized carbons (Fsp3) is 0.800. The smallest absolute Gasteiger partial charge is 0.223 e. The molecule has 1 aliphatic rings. The summed E-state index contributed by atoms with van der Waals surface area (Å²) in [5.41, 5.74) is 0. The van der Waals surface area contributed by atoms with E-state index in [9.17, 15) is 8.42 Å². The van der Waals surface area contributed by atoms with E-state index in [0.29, 0.717) is 44.4 Å². The lowest BCUT2D eigenvalue weighted by Crippen LogP contribution is -2.48. The van der Waals surface area contributed by atoms with Gasteiger partial charge in [-0.2, -0.15) is 9.29 Å². The van der Waals surface area contributed by atoms with Crippen molar-refractivity contribution >= 4 is 10.0 Å². The third kappa shape index (κ3) is 3.06. The maximum Gasteiger partial charge on any atom is 0.223 e. The first-order chi connectivity index (χ1) is 8.51. The van der Waals surface area contributed by atoms with Gasteiger partial charge in [-0.3, -0.25) is 4.90 Å². The van der Waals surface area contributed by atoms with E-state index in [2.05, 4.69) is 15.0 Å². The van der Waals surface area contributed by atoms with Gasteiger partial charge in [0.1, 0.15) is 0 Å². The molecule has 0 N–H and O–H groups in total. The molecule has 2 rings (SSSR count). The van der Waals surface area contributed by atoms with E-state index >= 15 is 0 Å².